The van der Waals surface area contributed by atoms with Gasteiger partial charge in [0.25, 0.3) is 0 Å². The topological polar surface area (TPSA) is 77.7 Å². The van der Waals surface area contributed by atoms with Crippen LogP contribution in [0.5, 0.6) is 0 Å². The molecule has 9 nitrogen and oxygen atoms in total. The van der Waals surface area contributed by atoms with Crippen LogP contribution in [0.4, 0.5) is 0 Å². The second-order valence-electron chi connectivity index (χ2n) is 14.7. The van der Waals surface area contributed by atoms with Crippen molar-refractivity contribution in [3.8, 4) is 11.5 Å². The van der Waals surface area contributed by atoms with Crippen molar-refractivity contribution in [3.63, 3.8) is 0 Å². The fourth-order valence-electron chi connectivity index (χ4n) is 5.72. The third-order valence-corrected chi connectivity index (χ3v) is 12.5. The molecule has 4 heterocycles. The van der Waals surface area contributed by atoms with Gasteiger partial charge in [-0.2, -0.15) is 5.10 Å². The maximum absolute atomic E-state index is 13.5. The van der Waals surface area contributed by atoms with Crippen LogP contribution in [0.2, 0.25) is 51.4 Å². The first-order valence-corrected chi connectivity index (χ1v) is 23.9. The van der Waals surface area contributed by atoms with Gasteiger partial charge in [0.05, 0.1) is 30.0 Å². The zero-order valence-corrected chi connectivity index (χ0v) is 30.7. The Balaban J connectivity index is 1.43. The lowest BCUT2D eigenvalue weighted by Crippen LogP contribution is -2.39. The SMILES string of the molecule is CN1CCC(C(=O)N2Cc3nc(-c4nn(COCC[Si](C)(C)C)c5cc(Br)ccc45)n(COCC[Si](C)(C)C)c3C2)CC1. The standard InChI is InChI=1S/C31H49BrN6O3Si2/c1-35-12-10-23(11-13-35)31(39)36-19-26-28(20-36)37(21-40-14-16-42(2,3)4)30(33-26)29-25-9-8-24(32)18-27(25)38(34-29)22-41-15-17-43(5,6)7/h8-9,18,23H,10-17,19-22H2,1-7H3. The molecule has 0 aliphatic carbocycles. The van der Waals surface area contributed by atoms with Crippen LogP contribution in [0.1, 0.15) is 24.2 Å². The largest absolute Gasteiger partial charge is 0.361 e. The first-order valence-electron chi connectivity index (χ1n) is 15.7. The molecular weight excluding hydrogens is 640 g/mol. The number of rotatable bonds is 12. The molecule has 12 heteroatoms. The first-order chi connectivity index (χ1) is 20.3. The van der Waals surface area contributed by atoms with Gasteiger partial charge in [-0.3, -0.25) is 4.79 Å². The summed E-state index contributed by atoms with van der Waals surface area (Å²) in [4.78, 5) is 23.0. The van der Waals surface area contributed by atoms with Crippen LogP contribution in [0.3, 0.4) is 0 Å². The van der Waals surface area contributed by atoms with Gasteiger partial charge in [0.15, 0.2) is 5.82 Å². The lowest BCUT2D eigenvalue weighted by molar-refractivity contribution is -0.137. The molecule has 236 valence electrons. The third kappa shape index (κ3) is 8.07. The van der Waals surface area contributed by atoms with E-state index in [1.54, 1.807) is 0 Å². The number of ether oxygens (including phenoxy) is 2. The predicted molar refractivity (Wildman–Crippen MR) is 181 cm³/mol. The second kappa shape index (κ2) is 13.3. The average Bonchev–Trinajstić information content (AvgIpc) is 3.59. The van der Waals surface area contributed by atoms with Gasteiger partial charge in [0.1, 0.15) is 19.2 Å². The molecular formula is C31H49BrN6O3Si2. The van der Waals surface area contributed by atoms with Gasteiger partial charge in [-0.1, -0.05) is 55.2 Å². The molecule has 43 heavy (non-hydrogen) atoms. The number of imidazole rings is 1. The van der Waals surface area contributed by atoms with Crippen molar-refractivity contribution in [1.82, 2.24) is 29.1 Å². The summed E-state index contributed by atoms with van der Waals surface area (Å²) in [7, 11) is -0.288. The highest BCUT2D eigenvalue weighted by atomic mass is 79.9. The summed E-state index contributed by atoms with van der Waals surface area (Å²) in [6, 6.07) is 8.46. The van der Waals surface area contributed by atoms with Crippen molar-refractivity contribution in [2.45, 2.75) is 90.8 Å². The molecule has 0 radical (unpaired) electrons. The fourth-order valence-corrected chi connectivity index (χ4v) is 7.58. The van der Waals surface area contributed by atoms with Gasteiger partial charge in [0.2, 0.25) is 5.91 Å². The number of halogens is 1. The van der Waals surface area contributed by atoms with Crippen LogP contribution in [0, 0.1) is 5.92 Å². The number of fused-ring (bicyclic) bond motifs is 2. The Morgan fingerprint density at radius 2 is 1.63 bits per heavy atom. The molecule has 1 saturated heterocycles. The van der Waals surface area contributed by atoms with Crippen LogP contribution in [-0.4, -0.2) is 84.5 Å². The minimum absolute atomic E-state index is 0.0974. The summed E-state index contributed by atoms with van der Waals surface area (Å²) in [6.07, 6.45) is 1.85. The summed E-state index contributed by atoms with van der Waals surface area (Å²) < 4.78 is 17.5. The van der Waals surface area contributed by atoms with Crippen LogP contribution < -0.4 is 0 Å². The van der Waals surface area contributed by atoms with E-state index in [1.807, 2.05) is 9.58 Å². The van der Waals surface area contributed by atoms with Gasteiger partial charge in [-0.15, -0.1) is 0 Å². The monoisotopic (exact) mass is 688 g/mol. The Morgan fingerprint density at radius 1 is 0.977 bits per heavy atom. The fraction of sp³-hybridized carbons (Fsp3) is 0.645. The maximum atomic E-state index is 13.5. The maximum Gasteiger partial charge on any atom is 0.226 e. The van der Waals surface area contributed by atoms with E-state index in [2.05, 4.69) is 89.9 Å². The molecule has 1 aromatic carbocycles. The summed E-state index contributed by atoms with van der Waals surface area (Å²) in [5, 5.41) is 6.11. The highest BCUT2D eigenvalue weighted by Gasteiger charge is 2.35. The number of piperidine rings is 1. The summed E-state index contributed by atoms with van der Waals surface area (Å²) in [5.74, 6) is 1.16. The van der Waals surface area contributed by atoms with E-state index in [9.17, 15) is 4.79 Å². The Morgan fingerprint density at radius 3 is 2.28 bits per heavy atom. The van der Waals surface area contributed by atoms with Crippen molar-refractivity contribution in [2.24, 2.45) is 5.92 Å². The van der Waals surface area contributed by atoms with E-state index >= 15 is 0 Å². The molecule has 0 N–H and O–H groups in total. The third-order valence-electron chi connectivity index (χ3n) is 8.57. The van der Waals surface area contributed by atoms with Gasteiger partial charge in [-0.05, 0) is 63.3 Å². The van der Waals surface area contributed by atoms with Gasteiger partial charge in [0, 0.05) is 45.1 Å². The normalized spacial score (nSPS) is 16.9. The molecule has 1 amide bonds. The van der Waals surface area contributed by atoms with Crippen molar-refractivity contribution >= 4 is 48.9 Å². The number of nitrogens with zero attached hydrogens (tertiary/aromatic N) is 6. The minimum Gasteiger partial charge on any atom is -0.361 e. The molecule has 0 bridgehead atoms. The molecule has 0 atom stereocenters. The summed E-state index contributed by atoms with van der Waals surface area (Å²) >= 11 is 3.65. The zero-order valence-electron chi connectivity index (χ0n) is 27.1. The smallest absolute Gasteiger partial charge is 0.226 e. The predicted octanol–water partition coefficient (Wildman–Crippen LogP) is 6.47. The molecule has 0 spiro atoms. The molecule has 2 aliphatic heterocycles. The van der Waals surface area contributed by atoms with Crippen molar-refractivity contribution in [1.29, 1.82) is 0 Å². The number of amides is 1. The summed E-state index contributed by atoms with van der Waals surface area (Å²) in [5.41, 5.74) is 3.85. The zero-order chi connectivity index (χ0) is 30.9. The number of benzene rings is 1. The highest BCUT2D eigenvalue weighted by Crippen LogP contribution is 2.35. The van der Waals surface area contributed by atoms with E-state index in [0.29, 0.717) is 33.2 Å². The lowest BCUT2D eigenvalue weighted by Gasteiger charge is -2.30. The molecule has 5 rings (SSSR count). The second-order valence-corrected chi connectivity index (χ2v) is 26.9. The Kier molecular flexibility index (Phi) is 10.0. The van der Waals surface area contributed by atoms with Crippen LogP contribution >= 0.6 is 15.9 Å². The number of hydrogen-bond donors (Lipinski definition) is 0. The molecule has 1 fully saturated rings. The number of carbonyl (C=O) groups excluding carboxylic acids is 1. The van der Waals surface area contributed by atoms with E-state index in [4.69, 9.17) is 19.6 Å². The molecule has 3 aromatic rings. The number of aromatic nitrogens is 4. The van der Waals surface area contributed by atoms with E-state index in [-0.39, 0.29) is 11.8 Å². The average molecular weight is 690 g/mol. The van der Waals surface area contributed by atoms with Crippen LogP contribution in [0.25, 0.3) is 22.4 Å². The van der Waals surface area contributed by atoms with Crippen LogP contribution in [-0.2, 0) is 40.8 Å². The number of likely N-dealkylation sites (tertiary alicyclic amines) is 1. The summed E-state index contributed by atoms with van der Waals surface area (Å²) in [6.45, 7) is 19.5. The molecule has 0 unspecified atom stereocenters. The number of hydrogen-bond acceptors (Lipinski definition) is 6. The van der Waals surface area contributed by atoms with Crippen molar-refractivity contribution in [2.75, 3.05) is 33.4 Å². The lowest BCUT2D eigenvalue weighted by atomic mass is 9.96. The number of carbonyl (C=O) groups is 1. The van der Waals surface area contributed by atoms with E-state index < -0.39 is 16.1 Å². The molecule has 2 aliphatic rings. The Bertz CT molecular complexity index is 1440. The van der Waals surface area contributed by atoms with Gasteiger partial charge < -0.3 is 23.8 Å². The van der Waals surface area contributed by atoms with Gasteiger partial charge >= 0.3 is 0 Å². The highest BCUT2D eigenvalue weighted by molar-refractivity contribution is 9.10. The molecule has 2 aromatic heterocycles. The minimum atomic E-state index is -1.23. The first kappa shape index (κ1) is 32.6. The Hall–Kier alpha value is -1.84. The Labute approximate surface area is 267 Å². The van der Waals surface area contributed by atoms with E-state index in [0.717, 1.165) is 82.9 Å². The van der Waals surface area contributed by atoms with Crippen LogP contribution in [0.15, 0.2) is 22.7 Å². The molecule has 0 saturated carbocycles. The quantitative estimate of drug-likeness (QED) is 0.160. The van der Waals surface area contributed by atoms with Gasteiger partial charge in [-0.25, -0.2) is 9.67 Å². The van der Waals surface area contributed by atoms with Crippen molar-refractivity contribution < 1.29 is 14.3 Å². The van der Waals surface area contributed by atoms with E-state index in [1.165, 1.54) is 0 Å². The van der Waals surface area contributed by atoms with Crippen molar-refractivity contribution in [3.05, 3.63) is 34.1 Å².